The van der Waals surface area contributed by atoms with Crippen LogP contribution in [0.2, 0.25) is 0 Å². The molecule has 1 saturated carbocycles. The highest BCUT2D eigenvalue weighted by molar-refractivity contribution is 9.10. The number of rotatable bonds is 6. The Kier molecular flexibility index (Phi) is 5.37. The summed E-state index contributed by atoms with van der Waals surface area (Å²) in [5, 5.41) is 9.20. The highest BCUT2D eigenvalue weighted by atomic mass is 79.9. The van der Waals surface area contributed by atoms with Gasteiger partial charge in [0, 0.05) is 15.5 Å². The summed E-state index contributed by atoms with van der Waals surface area (Å²) in [6.45, 7) is 3.84. The SMILES string of the molecule is COc1cc(Br)cc(C(C)(C)CC(=O)O)c1OC1CCCC1. The number of aliphatic carboxylic acids is 1. The average molecular weight is 371 g/mol. The third-order valence-electron chi connectivity index (χ3n) is 4.15. The van der Waals surface area contributed by atoms with Gasteiger partial charge in [-0.15, -0.1) is 0 Å². The Morgan fingerprint density at radius 1 is 1.36 bits per heavy atom. The first-order valence-electron chi connectivity index (χ1n) is 7.60. The summed E-state index contributed by atoms with van der Waals surface area (Å²) in [7, 11) is 1.61. The Morgan fingerprint density at radius 2 is 2.00 bits per heavy atom. The van der Waals surface area contributed by atoms with E-state index in [-0.39, 0.29) is 12.5 Å². The van der Waals surface area contributed by atoms with E-state index in [1.165, 1.54) is 12.8 Å². The molecule has 2 rings (SSSR count). The van der Waals surface area contributed by atoms with E-state index in [1.807, 2.05) is 26.0 Å². The Balaban J connectivity index is 2.45. The molecule has 0 saturated heterocycles. The third-order valence-corrected chi connectivity index (χ3v) is 4.61. The van der Waals surface area contributed by atoms with Gasteiger partial charge in [-0.05, 0) is 37.8 Å². The molecule has 1 fully saturated rings. The van der Waals surface area contributed by atoms with Crippen molar-refractivity contribution in [1.29, 1.82) is 0 Å². The fourth-order valence-corrected chi connectivity index (χ4v) is 3.43. The standard InChI is InChI=1S/C17H23BrO4/c1-17(2,10-15(19)20)13-8-11(18)9-14(21-3)16(13)22-12-6-4-5-7-12/h8-9,12H,4-7,10H2,1-3H3,(H,19,20). The van der Waals surface area contributed by atoms with Crippen molar-refractivity contribution < 1.29 is 19.4 Å². The summed E-state index contributed by atoms with van der Waals surface area (Å²) < 4.78 is 12.5. The van der Waals surface area contributed by atoms with Crippen LogP contribution in [-0.4, -0.2) is 24.3 Å². The minimum atomic E-state index is -0.823. The Bertz CT molecular complexity index is 548. The molecule has 5 heteroatoms. The Labute approximate surface area is 139 Å². The van der Waals surface area contributed by atoms with Crippen LogP contribution in [0.4, 0.5) is 0 Å². The van der Waals surface area contributed by atoms with Gasteiger partial charge >= 0.3 is 5.97 Å². The molecule has 4 nitrogen and oxygen atoms in total. The van der Waals surface area contributed by atoms with Crippen LogP contribution >= 0.6 is 15.9 Å². The molecule has 122 valence electrons. The second-order valence-corrected chi connectivity index (χ2v) is 7.38. The van der Waals surface area contributed by atoms with Crippen molar-refractivity contribution in [3.05, 3.63) is 22.2 Å². The normalized spacial score (nSPS) is 15.8. The molecule has 1 aliphatic rings. The van der Waals surface area contributed by atoms with Gasteiger partial charge in [0.2, 0.25) is 0 Å². The molecule has 1 aliphatic carbocycles. The van der Waals surface area contributed by atoms with E-state index in [1.54, 1.807) is 7.11 Å². The lowest BCUT2D eigenvalue weighted by molar-refractivity contribution is -0.138. The molecule has 0 aromatic heterocycles. The fraction of sp³-hybridized carbons (Fsp3) is 0.588. The minimum Gasteiger partial charge on any atom is -0.493 e. The first kappa shape index (κ1) is 17.1. The molecule has 0 aliphatic heterocycles. The van der Waals surface area contributed by atoms with Gasteiger partial charge in [0.1, 0.15) is 0 Å². The molecule has 0 unspecified atom stereocenters. The van der Waals surface area contributed by atoms with Gasteiger partial charge in [-0.25, -0.2) is 0 Å². The number of halogens is 1. The Hall–Kier alpha value is -1.23. The molecule has 0 atom stereocenters. The monoisotopic (exact) mass is 370 g/mol. The van der Waals surface area contributed by atoms with Gasteiger partial charge in [-0.3, -0.25) is 4.79 Å². The second-order valence-electron chi connectivity index (χ2n) is 6.46. The van der Waals surface area contributed by atoms with Crippen LogP contribution in [0.25, 0.3) is 0 Å². The second kappa shape index (κ2) is 6.90. The molecule has 1 N–H and O–H groups in total. The van der Waals surface area contributed by atoms with E-state index in [9.17, 15) is 9.90 Å². The minimum absolute atomic E-state index is 0.0354. The van der Waals surface area contributed by atoms with Crippen molar-refractivity contribution in [2.45, 2.75) is 57.5 Å². The summed E-state index contributed by atoms with van der Waals surface area (Å²) in [4.78, 5) is 11.2. The Morgan fingerprint density at radius 3 is 2.55 bits per heavy atom. The topological polar surface area (TPSA) is 55.8 Å². The van der Waals surface area contributed by atoms with E-state index in [0.717, 1.165) is 22.9 Å². The van der Waals surface area contributed by atoms with Gasteiger partial charge in [0.25, 0.3) is 0 Å². The van der Waals surface area contributed by atoms with Gasteiger partial charge in [0.15, 0.2) is 11.5 Å². The lowest BCUT2D eigenvalue weighted by Gasteiger charge is -2.28. The quantitative estimate of drug-likeness (QED) is 0.798. The summed E-state index contributed by atoms with van der Waals surface area (Å²) in [5.41, 5.74) is 0.324. The molecular formula is C17H23BrO4. The van der Waals surface area contributed by atoms with Gasteiger partial charge < -0.3 is 14.6 Å². The van der Waals surface area contributed by atoms with Crippen LogP contribution in [0.15, 0.2) is 16.6 Å². The van der Waals surface area contributed by atoms with Crippen molar-refractivity contribution in [3.63, 3.8) is 0 Å². The predicted molar refractivity (Wildman–Crippen MR) is 88.9 cm³/mol. The molecule has 0 spiro atoms. The number of methoxy groups -OCH3 is 1. The van der Waals surface area contributed by atoms with Crippen molar-refractivity contribution in [3.8, 4) is 11.5 Å². The van der Waals surface area contributed by atoms with Crippen LogP contribution in [0.1, 0.15) is 51.5 Å². The molecule has 0 bridgehead atoms. The van der Waals surface area contributed by atoms with Crippen LogP contribution in [-0.2, 0) is 10.2 Å². The molecule has 0 amide bonds. The zero-order valence-electron chi connectivity index (χ0n) is 13.3. The average Bonchev–Trinajstić information content (AvgIpc) is 2.91. The van der Waals surface area contributed by atoms with Crippen LogP contribution in [0, 0.1) is 0 Å². The zero-order valence-corrected chi connectivity index (χ0v) is 14.9. The highest BCUT2D eigenvalue weighted by Crippen LogP contribution is 2.44. The van der Waals surface area contributed by atoms with E-state index < -0.39 is 11.4 Å². The molecular weight excluding hydrogens is 348 g/mol. The maximum atomic E-state index is 11.2. The van der Waals surface area contributed by atoms with Crippen molar-refractivity contribution in [2.24, 2.45) is 0 Å². The number of hydrogen-bond acceptors (Lipinski definition) is 3. The number of carbonyl (C=O) groups is 1. The number of ether oxygens (including phenoxy) is 2. The third kappa shape index (κ3) is 3.94. The first-order chi connectivity index (χ1) is 10.3. The smallest absolute Gasteiger partial charge is 0.304 e. The lowest BCUT2D eigenvalue weighted by Crippen LogP contribution is -2.24. The number of hydrogen-bond donors (Lipinski definition) is 1. The zero-order chi connectivity index (χ0) is 16.3. The van der Waals surface area contributed by atoms with Gasteiger partial charge in [-0.1, -0.05) is 29.8 Å². The van der Waals surface area contributed by atoms with E-state index >= 15 is 0 Å². The molecule has 22 heavy (non-hydrogen) atoms. The fourth-order valence-electron chi connectivity index (χ4n) is 2.99. The predicted octanol–water partition coefficient (Wildman–Crippen LogP) is 4.53. The van der Waals surface area contributed by atoms with Crippen molar-refractivity contribution >= 4 is 21.9 Å². The number of carboxylic acids is 1. The molecule has 0 heterocycles. The summed E-state index contributed by atoms with van der Waals surface area (Å²) in [5.74, 6) is 0.509. The van der Waals surface area contributed by atoms with Gasteiger partial charge in [0.05, 0.1) is 19.6 Å². The summed E-state index contributed by atoms with van der Waals surface area (Å²) in [6, 6.07) is 3.81. The van der Waals surface area contributed by atoms with Crippen LogP contribution in [0.5, 0.6) is 11.5 Å². The highest BCUT2D eigenvalue weighted by Gasteiger charge is 2.31. The summed E-state index contributed by atoms with van der Waals surface area (Å²) >= 11 is 3.48. The summed E-state index contributed by atoms with van der Waals surface area (Å²) in [6.07, 6.45) is 4.66. The van der Waals surface area contributed by atoms with E-state index in [4.69, 9.17) is 9.47 Å². The largest absolute Gasteiger partial charge is 0.493 e. The maximum Gasteiger partial charge on any atom is 0.304 e. The lowest BCUT2D eigenvalue weighted by atomic mass is 9.81. The van der Waals surface area contributed by atoms with Gasteiger partial charge in [-0.2, -0.15) is 0 Å². The molecule has 1 aromatic carbocycles. The van der Waals surface area contributed by atoms with Crippen LogP contribution in [0.3, 0.4) is 0 Å². The molecule has 0 radical (unpaired) electrons. The maximum absolute atomic E-state index is 11.2. The van der Waals surface area contributed by atoms with Crippen LogP contribution < -0.4 is 9.47 Å². The number of benzene rings is 1. The number of carboxylic acid groups (broad SMARTS) is 1. The molecule has 1 aromatic rings. The first-order valence-corrected chi connectivity index (χ1v) is 8.39. The van der Waals surface area contributed by atoms with E-state index in [2.05, 4.69) is 15.9 Å². The van der Waals surface area contributed by atoms with Crippen molar-refractivity contribution in [2.75, 3.05) is 7.11 Å². The van der Waals surface area contributed by atoms with Crippen molar-refractivity contribution in [1.82, 2.24) is 0 Å². The van der Waals surface area contributed by atoms with E-state index in [0.29, 0.717) is 11.5 Å².